The maximum absolute atomic E-state index is 12.2. The SMILES string of the molecule is Cc1nn(C)c(C)c1NS(=O)(=O)c1ccc(=O)[nH]c1. The number of pyridine rings is 1. The fourth-order valence-corrected chi connectivity index (χ4v) is 2.82. The highest BCUT2D eigenvalue weighted by molar-refractivity contribution is 7.92. The van der Waals surface area contributed by atoms with Gasteiger partial charge in [-0.2, -0.15) is 5.10 Å². The number of hydrogen-bond donors (Lipinski definition) is 2. The molecule has 0 amide bonds. The predicted octanol–water partition coefficient (Wildman–Crippen LogP) is 0.526. The molecule has 2 rings (SSSR count). The molecule has 0 saturated heterocycles. The summed E-state index contributed by atoms with van der Waals surface area (Å²) in [5.41, 5.74) is 1.40. The average molecular weight is 282 g/mol. The summed E-state index contributed by atoms with van der Waals surface area (Å²) in [6.45, 7) is 3.49. The van der Waals surface area contributed by atoms with E-state index in [1.165, 1.54) is 6.07 Å². The summed E-state index contributed by atoms with van der Waals surface area (Å²) >= 11 is 0. The van der Waals surface area contributed by atoms with Crippen LogP contribution in [0.3, 0.4) is 0 Å². The van der Waals surface area contributed by atoms with Crippen LogP contribution in [0.25, 0.3) is 0 Å². The van der Waals surface area contributed by atoms with Crippen molar-refractivity contribution in [1.29, 1.82) is 0 Å². The number of aromatic amines is 1. The van der Waals surface area contributed by atoms with Crippen molar-refractivity contribution in [3.05, 3.63) is 40.1 Å². The normalized spacial score (nSPS) is 11.5. The molecule has 0 aliphatic carbocycles. The summed E-state index contributed by atoms with van der Waals surface area (Å²) in [7, 11) is -2.00. The van der Waals surface area contributed by atoms with Crippen molar-refractivity contribution < 1.29 is 8.42 Å². The Hall–Kier alpha value is -2.09. The Morgan fingerprint density at radius 2 is 2.00 bits per heavy atom. The van der Waals surface area contributed by atoms with E-state index in [1.54, 1.807) is 25.6 Å². The molecular formula is C11H14N4O3S. The number of hydrogen-bond acceptors (Lipinski definition) is 4. The molecule has 7 nitrogen and oxygen atoms in total. The summed E-state index contributed by atoms with van der Waals surface area (Å²) < 4.78 is 28.4. The van der Waals surface area contributed by atoms with E-state index in [9.17, 15) is 13.2 Å². The van der Waals surface area contributed by atoms with E-state index in [1.807, 2.05) is 0 Å². The molecular weight excluding hydrogens is 268 g/mol. The fraction of sp³-hybridized carbons (Fsp3) is 0.273. The lowest BCUT2D eigenvalue weighted by molar-refractivity contribution is 0.600. The van der Waals surface area contributed by atoms with Crippen LogP contribution >= 0.6 is 0 Å². The molecule has 2 aromatic rings. The Balaban J connectivity index is 2.42. The fourth-order valence-electron chi connectivity index (χ4n) is 1.68. The van der Waals surface area contributed by atoms with E-state index in [2.05, 4.69) is 14.8 Å². The van der Waals surface area contributed by atoms with Gasteiger partial charge in [-0.25, -0.2) is 8.42 Å². The van der Waals surface area contributed by atoms with Gasteiger partial charge < -0.3 is 4.98 Å². The largest absolute Gasteiger partial charge is 0.328 e. The Morgan fingerprint density at radius 1 is 1.32 bits per heavy atom. The van der Waals surface area contributed by atoms with Crippen molar-refractivity contribution in [2.75, 3.05) is 4.72 Å². The monoisotopic (exact) mass is 282 g/mol. The van der Waals surface area contributed by atoms with Crippen molar-refractivity contribution in [2.45, 2.75) is 18.7 Å². The number of aryl methyl sites for hydroxylation is 2. The van der Waals surface area contributed by atoms with Crippen molar-refractivity contribution in [3.8, 4) is 0 Å². The Kier molecular flexibility index (Phi) is 3.19. The van der Waals surface area contributed by atoms with E-state index in [0.29, 0.717) is 17.1 Å². The minimum absolute atomic E-state index is 0.00486. The number of H-pyrrole nitrogens is 1. The van der Waals surface area contributed by atoms with Crippen LogP contribution in [-0.4, -0.2) is 23.2 Å². The highest BCUT2D eigenvalue weighted by Crippen LogP contribution is 2.21. The molecule has 0 saturated carbocycles. The van der Waals surface area contributed by atoms with Gasteiger partial charge in [-0.15, -0.1) is 0 Å². The van der Waals surface area contributed by atoms with Crippen LogP contribution in [0.4, 0.5) is 5.69 Å². The summed E-state index contributed by atoms with van der Waals surface area (Å²) in [5.74, 6) is 0. The van der Waals surface area contributed by atoms with Crippen molar-refractivity contribution in [2.24, 2.45) is 7.05 Å². The van der Waals surface area contributed by atoms with Crippen LogP contribution < -0.4 is 10.3 Å². The van der Waals surface area contributed by atoms with Gasteiger partial charge in [0.1, 0.15) is 4.90 Å². The van der Waals surface area contributed by atoms with Crippen LogP contribution in [0.2, 0.25) is 0 Å². The Bertz CT molecular complexity index is 753. The van der Waals surface area contributed by atoms with E-state index >= 15 is 0 Å². The molecule has 8 heteroatoms. The van der Waals surface area contributed by atoms with Crippen LogP contribution in [0.15, 0.2) is 28.0 Å². The van der Waals surface area contributed by atoms with Gasteiger partial charge in [-0.05, 0) is 19.9 Å². The second-order valence-electron chi connectivity index (χ2n) is 4.16. The lowest BCUT2D eigenvalue weighted by Crippen LogP contribution is -2.16. The molecule has 0 fully saturated rings. The summed E-state index contributed by atoms with van der Waals surface area (Å²) in [5, 5.41) is 4.13. The van der Waals surface area contributed by atoms with Crippen LogP contribution in [-0.2, 0) is 17.1 Å². The molecule has 0 aliphatic heterocycles. The van der Waals surface area contributed by atoms with Gasteiger partial charge in [0.05, 0.1) is 17.1 Å². The topological polar surface area (TPSA) is 96.8 Å². The molecule has 0 bridgehead atoms. The smallest absolute Gasteiger partial charge is 0.263 e. The van der Waals surface area contributed by atoms with Gasteiger partial charge in [-0.1, -0.05) is 0 Å². The lowest BCUT2D eigenvalue weighted by Gasteiger charge is -2.07. The summed E-state index contributed by atoms with van der Waals surface area (Å²) in [4.78, 5) is 13.3. The minimum atomic E-state index is -3.74. The summed E-state index contributed by atoms with van der Waals surface area (Å²) in [6.07, 6.45) is 1.16. The zero-order valence-electron chi connectivity index (χ0n) is 10.8. The maximum Gasteiger partial charge on any atom is 0.263 e. The average Bonchev–Trinajstić information content (AvgIpc) is 2.56. The molecule has 0 aliphatic rings. The molecule has 0 spiro atoms. The summed E-state index contributed by atoms with van der Waals surface area (Å²) in [6, 6.07) is 2.42. The number of aromatic nitrogens is 3. The first kappa shape index (κ1) is 13.3. The quantitative estimate of drug-likeness (QED) is 0.858. The Labute approximate surface area is 110 Å². The minimum Gasteiger partial charge on any atom is -0.328 e. The van der Waals surface area contributed by atoms with E-state index in [4.69, 9.17) is 0 Å². The molecule has 0 radical (unpaired) electrons. The van der Waals surface area contributed by atoms with Gasteiger partial charge in [0, 0.05) is 19.3 Å². The van der Waals surface area contributed by atoms with Gasteiger partial charge in [0.15, 0.2) is 0 Å². The van der Waals surface area contributed by atoms with Crippen LogP contribution in [0.5, 0.6) is 0 Å². The van der Waals surface area contributed by atoms with Crippen molar-refractivity contribution in [3.63, 3.8) is 0 Å². The third kappa shape index (κ3) is 2.53. The number of rotatable bonds is 3. The molecule has 19 heavy (non-hydrogen) atoms. The first-order valence-corrected chi connectivity index (χ1v) is 7.01. The van der Waals surface area contributed by atoms with E-state index in [-0.39, 0.29) is 10.5 Å². The number of anilines is 1. The zero-order valence-corrected chi connectivity index (χ0v) is 11.6. The highest BCUT2D eigenvalue weighted by atomic mass is 32.2. The lowest BCUT2D eigenvalue weighted by atomic mass is 10.3. The molecule has 2 aromatic heterocycles. The molecule has 102 valence electrons. The van der Waals surface area contributed by atoms with E-state index in [0.717, 1.165) is 12.3 Å². The van der Waals surface area contributed by atoms with E-state index < -0.39 is 10.0 Å². The number of nitrogens with zero attached hydrogens (tertiary/aromatic N) is 2. The molecule has 0 atom stereocenters. The van der Waals surface area contributed by atoms with Crippen molar-refractivity contribution in [1.82, 2.24) is 14.8 Å². The van der Waals surface area contributed by atoms with Gasteiger partial charge >= 0.3 is 0 Å². The molecule has 2 heterocycles. The highest BCUT2D eigenvalue weighted by Gasteiger charge is 2.19. The standard InChI is InChI=1S/C11H14N4O3S/c1-7-11(8(2)15(3)13-7)14-19(17,18)9-4-5-10(16)12-6-9/h4-6,14H,1-3H3,(H,12,16). The molecule has 2 N–H and O–H groups in total. The third-order valence-corrected chi connectivity index (χ3v) is 4.16. The second-order valence-corrected chi connectivity index (χ2v) is 5.85. The predicted molar refractivity (Wildman–Crippen MR) is 70.6 cm³/mol. The maximum atomic E-state index is 12.2. The first-order chi connectivity index (χ1) is 8.81. The van der Waals surface area contributed by atoms with Gasteiger partial charge in [0.2, 0.25) is 5.56 Å². The van der Waals surface area contributed by atoms with Crippen molar-refractivity contribution >= 4 is 15.7 Å². The second kappa shape index (κ2) is 4.54. The zero-order chi connectivity index (χ0) is 14.2. The number of sulfonamides is 1. The molecule has 0 aromatic carbocycles. The van der Waals surface area contributed by atoms with Crippen LogP contribution in [0, 0.1) is 13.8 Å². The van der Waals surface area contributed by atoms with Crippen LogP contribution in [0.1, 0.15) is 11.4 Å². The van der Waals surface area contributed by atoms with Gasteiger partial charge in [0.25, 0.3) is 10.0 Å². The number of nitrogens with one attached hydrogen (secondary N) is 2. The first-order valence-electron chi connectivity index (χ1n) is 5.53. The Morgan fingerprint density at radius 3 is 2.47 bits per heavy atom. The van der Waals surface area contributed by atoms with Gasteiger partial charge in [-0.3, -0.25) is 14.2 Å². The molecule has 0 unspecified atom stereocenters. The third-order valence-electron chi connectivity index (χ3n) is 2.81.